The highest BCUT2D eigenvalue weighted by atomic mass is 14.9. The highest BCUT2D eigenvalue weighted by Gasteiger charge is 1.98. The molecule has 0 radical (unpaired) electrons. The van der Waals surface area contributed by atoms with Crippen LogP contribution in [0.3, 0.4) is 0 Å². The summed E-state index contributed by atoms with van der Waals surface area (Å²) in [7, 11) is 0. The Kier molecular flexibility index (Phi) is 8.64. The second-order valence-corrected chi connectivity index (χ2v) is 5.91. The molecule has 1 aromatic heterocycles. The molecule has 1 aromatic rings. The topological polar surface area (TPSA) is 17.0 Å². The second kappa shape index (κ2) is 10.1. The minimum absolute atomic E-state index is 0.562. The number of unbranched alkanes of at least 4 members (excludes halogenated alkanes) is 6. The number of nitrogens with one attached hydrogen (secondary N) is 1. The summed E-state index contributed by atoms with van der Waals surface area (Å²) < 4.78 is 2.34. The lowest BCUT2D eigenvalue weighted by Crippen LogP contribution is -2.21. The molecule has 1 rings (SSSR count). The number of hydrogen-bond acceptors (Lipinski definition) is 1. The number of aromatic nitrogens is 1. The van der Waals surface area contributed by atoms with E-state index in [2.05, 4.69) is 49.1 Å². The van der Waals surface area contributed by atoms with Gasteiger partial charge in [-0.3, -0.25) is 0 Å². The fourth-order valence-electron chi connectivity index (χ4n) is 2.31. The summed E-state index contributed by atoms with van der Waals surface area (Å²) in [6.07, 6.45) is 14.2. The number of hydrogen-bond donors (Lipinski definition) is 1. The Bertz CT molecular complexity index is 315. The van der Waals surface area contributed by atoms with Gasteiger partial charge in [-0.05, 0) is 18.1 Å². The largest absolute Gasteiger partial charge is 0.354 e. The molecular formula is C17H32N2. The Labute approximate surface area is 119 Å². The van der Waals surface area contributed by atoms with Crippen molar-refractivity contribution in [2.24, 2.45) is 0 Å². The van der Waals surface area contributed by atoms with Gasteiger partial charge >= 0.3 is 0 Å². The predicted molar refractivity (Wildman–Crippen MR) is 84.4 cm³/mol. The summed E-state index contributed by atoms with van der Waals surface area (Å²) in [5, 5.41) is 3.46. The van der Waals surface area contributed by atoms with E-state index in [0.29, 0.717) is 6.04 Å². The first kappa shape index (κ1) is 16.3. The standard InChI is InChI=1S/C17H32N2/c1-4-5-6-7-8-9-10-12-19-13-11-17(15-19)14-18-16(2)3/h11,13,15-16,18H,4-10,12,14H2,1-3H3. The van der Waals surface area contributed by atoms with E-state index in [1.807, 2.05) is 0 Å². The molecule has 0 aliphatic carbocycles. The molecule has 0 aromatic carbocycles. The Morgan fingerprint density at radius 1 is 1.05 bits per heavy atom. The molecule has 0 spiro atoms. The smallest absolute Gasteiger partial charge is 0.0222 e. The van der Waals surface area contributed by atoms with Crippen molar-refractivity contribution in [3.63, 3.8) is 0 Å². The first-order valence-electron chi connectivity index (χ1n) is 8.10. The Morgan fingerprint density at radius 2 is 1.74 bits per heavy atom. The van der Waals surface area contributed by atoms with Crippen molar-refractivity contribution in [3.05, 3.63) is 24.0 Å². The van der Waals surface area contributed by atoms with E-state index in [1.165, 1.54) is 57.1 Å². The van der Waals surface area contributed by atoms with Crippen LogP contribution in [0.1, 0.15) is 71.3 Å². The summed E-state index contributed by atoms with van der Waals surface area (Å²) in [4.78, 5) is 0. The van der Waals surface area contributed by atoms with Crippen LogP contribution in [-0.4, -0.2) is 10.6 Å². The molecule has 0 atom stereocenters. The lowest BCUT2D eigenvalue weighted by atomic mass is 10.1. The van der Waals surface area contributed by atoms with Gasteiger partial charge in [-0.2, -0.15) is 0 Å². The molecule has 0 fully saturated rings. The zero-order valence-electron chi connectivity index (χ0n) is 13.1. The van der Waals surface area contributed by atoms with E-state index < -0.39 is 0 Å². The van der Waals surface area contributed by atoms with Gasteiger partial charge in [-0.15, -0.1) is 0 Å². The van der Waals surface area contributed by atoms with Crippen LogP contribution in [-0.2, 0) is 13.1 Å². The zero-order valence-corrected chi connectivity index (χ0v) is 13.1. The molecule has 19 heavy (non-hydrogen) atoms. The Balaban J connectivity index is 2.06. The van der Waals surface area contributed by atoms with E-state index in [0.717, 1.165) is 6.54 Å². The van der Waals surface area contributed by atoms with Crippen LogP contribution in [0.15, 0.2) is 18.5 Å². The highest BCUT2D eigenvalue weighted by Crippen LogP contribution is 2.09. The van der Waals surface area contributed by atoms with E-state index >= 15 is 0 Å². The third-order valence-corrected chi connectivity index (χ3v) is 3.55. The molecule has 2 nitrogen and oxygen atoms in total. The van der Waals surface area contributed by atoms with Gasteiger partial charge in [0.2, 0.25) is 0 Å². The average molecular weight is 264 g/mol. The molecule has 1 heterocycles. The quantitative estimate of drug-likeness (QED) is 0.571. The van der Waals surface area contributed by atoms with Crippen molar-refractivity contribution in [3.8, 4) is 0 Å². The Morgan fingerprint density at radius 3 is 2.42 bits per heavy atom. The highest BCUT2D eigenvalue weighted by molar-refractivity contribution is 5.09. The molecule has 0 amide bonds. The molecule has 0 unspecified atom stereocenters. The minimum atomic E-state index is 0.562. The predicted octanol–water partition coefficient (Wildman–Crippen LogP) is 4.74. The van der Waals surface area contributed by atoms with Crippen molar-refractivity contribution < 1.29 is 0 Å². The maximum Gasteiger partial charge on any atom is 0.0222 e. The van der Waals surface area contributed by atoms with E-state index in [1.54, 1.807) is 0 Å². The van der Waals surface area contributed by atoms with Gasteiger partial charge in [0.1, 0.15) is 0 Å². The van der Waals surface area contributed by atoms with Crippen molar-refractivity contribution in [2.75, 3.05) is 0 Å². The van der Waals surface area contributed by atoms with Crippen LogP contribution >= 0.6 is 0 Å². The molecular weight excluding hydrogens is 232 g/mol. The van der Waals surface area contributed by atoms with Gasteiger partial charge in [0.05, 0.1) is 0 Å². The SMILES string of the molecule is CCCCCCCCCn1ccc(CNC(C)C)c1. The van der Waals surface area contributed by atoms with Crippen LogP contribution in [0.25, 0.3) is 0 Å². The molecule has 1 N–H and O–H groups in total. The summed E-state index contributed by atoms with van der Waals surface area (Å²) >= 11 is 0. The average Bonchev–Trinajstić information content (AvgIpc) is 2.83. The number of rotatable bonds is 11. The summed E-state index contributed by atoms with van der Waals surface area (Å²) in [5.41, 5.74) is 1.40. The van der Waals surface area contributed by atoms with Crippen molar-refractivity contribution in [1.29, 1.82) is 0 Å². The number of nitrogens with zero attached hydrogens (tertiary/aromatic N) is 1. The first-order valence-corrected chi connectivity index (χ1v) is 8.10. The van der Waals surface area contributed by atoms with Crippen LogP contribution in [0.2, 0.25) is 0 Å². The van der Waals surface area contributed by atoms with Crippen LogP contribution in [0.5, 0.6) is 0 Å². The minimum Gasteiger partial charge on any atom is -0.354 e. The second-order valence-electron chi connectivity index (χ2n) is 5.91. The van der Waals surface area contributed by atoms with E-state index in [4.69, 9.17) is 0 Å². The molecule has 2 heteroatoms. The van der Waals surface area contributed by atoms with E-state index in [-0.39, 0.29) is 0 Å². The first-order chi connectivity index (χ1) is 9.22. The van der Waals surface area contributed by atoms with E-state index in [9.17, 15) is 0 Å². The van der Waals surface area contributed by atoms with Gasteiger partial charge in [-0.1, -0.05) is 59.3 Å². The monoisotopic (exact) mass is 264 g/mol. The Hall–Kier alpha value is -0.760. The lowest BCUT2D eigenvalue weighted by Gasteiger charge is -2.06. The van der Waals surface area contributed by atoms with Gasteiger partial charge in [-0.25, -0.2) is 0 Å². The number of aryl methyl sites for hydroxylation is 1. The van der Waals surface area contributed by atoms with Crippen molar-refractivity contribution in [2.45, 2.75) is 84.8 Å². The molecule has 0 aliphatic heterocycles. The molecule has 0 saturated heterocycles. The molecule has 0 bridgehead atoms. The molecule has 110 valence electrons. The summed E-state index contributed by atoms with van der Waals surface area (Å²) in [6, 6.07) is 2.79. The van der Waals surface area contributed by atoms with Gasteiger partial charge in [0.25, 0.3) is 0 Å². The zero-order chi connectivity index (χ0) is 13.9. The third-order valence-electron chi connectivity index (χ3n) is 3.55. The lowest BCUT2D eigenvalue weighted by molar-refractivity contribution is 0.549. The maximum absolute atomic E-state index is 3.46. The molecule has 0 aliphatic rings. The van der Waals surface area contributed by atoms with Crippen molar-refractivity contribution in [1.82, 2.24) is 9.88 Å². The normalized spacial score (nSPS) is 11.4. The van der Waals surface area contributed by atoms with Crippen LogP contribution < -0.4 is 5.32 Å². The van der Waals surface area contributed by atoms with Crippen LogP contribution in [0.4, 0.5) is 0 Å². The molecule has 0 saturated carbocycles. The fraction of sp³-hybridized carbons (Fsp3) is 0.765. The fourth-order valence-corrected chi connectivity index (χ4v) is 2.31. The van der Waals surface area contributed by atoms with Gasteiger partial charge < -0.3 is 9.88 Å². The third kappa shape index (κ3) is 8.10. The summed E-state index contributed by atoms with van der Waals surface area (Å²) in [6.45, 7) is 8.82. The van der Waals surface area contributed by atoms with Gasteiger partial charge in [0.15, 0.2) is 0 Å². The maximum atomic E-state index is 3.46. The van der Waals surface area contributed by atoms with Crippen LogP contribution in [0, 0.1) is 0 Å². The van der Waals surface area contributed by atoms with Gasteiger partial charge in [0, 0.05) is 31.5 Å². The van der Waals surface area contributed by atoms with Crippen molar-refractivity contribution >= 4 is 0 Å². The summed E-state index contributed by atoms with van der Waals surface area (Å²) in [5.74, 6) is 0.